The van der Waals surface area contributed by atoms with E-state index in [1.54, 1.807) is 0 Å². The molecular weight excluding hydrogens is 538 g/mol. The number of nitrogens with zero attached hydrogens (tertiary/aromatic N) is 6. The molecule has 4 aliphatic rings. The molecule has 2 N–H and O–H groups in total. The van der Waals surface area contributed by atoms with E-state index in [-0.39, 0.29) is 11.9 Å². The van der Waals surface area contributed by atoms with E-state index in [2.05, 4.69) is 27.1 Å². The summed E-state index contributed by atoms with van der Waals surface area (Å²) < 4.78 is 2.02. The fraction of sp³-hybridized carbons (Fsp3) is 0.516. The van der Waals surface area contributed by atoms with Gasteiger partial charge in [-0.05, 0) is 87.0 Å². The van der Waals surface area contributed by atoms with Crippen LogP contribution in [0, 0.1) is 5.92 Å². The Morgan fingerprint density at radius 1 is 1.00 bits per heavy atom. The van der Waals surface area contributed by atoms with Crippen LogP contribution in [0.25, 0.3) is 0 Å². The predicted molar refractivity (Wildman–Crippen MR) is 158 cm³/mol. The van der Waals surface area contributed by atoms with Gasteiger partial charge in [-0.15, -0.1) is 5.10 Å². The molecule has 0 spiro atoms. The minimum Gasteiger partial charge on any atom is -0.385 e. The van der Waals surface area contributed by atoms with Crippen LogP contribution >= 0.6 is 11.6 Å². The zero-order valence-corrected chi connectivity index (χ0v) is 24.3. The highest BCUT2D eigenvalue weighted by Crippen LogP contribution is 2.39. The van der Waals surface area contributed by atoms with Gasteiger partial charge >= 0.3 is 0 Å². The number of hydrogen-bond acceptors (Lipinski definition) is 7. The van der Waals surface area contributed by atoms with E-state index in [0.29, 0.717) is 35.8 Å². The number of anilines is 2. The van der Waals surface area contributed by atoms with Gasteiger partial charge in [0.15, 0.2) is 0 Å². The van der Waals surface area contributed by atoms with Crippen molar-refractivity contribution in [2.24, 2.45) is 5.92 Å². The molecule has 7 rings (SSSR count). The van der Waals surface area contributed by atoms with Gasteiger partial charge in [0.25, 0.3) is 5.91 Å². The van der Waals surface area contributed by atoms with E-state index in [9.17, 15) is 9.90 Å². The Balaban J connectivity index is 1.00. The normalized spacial score (nSPS) is 26.1. The van der Waals surface area contributed by atoms with Crippen molar-refractivity contribution in [3.63, 3.8) is 0 Å². The Labute approximate surface area is 246 Å². The van der Waals surface area contributed by atoms with Crippen molar-refractivity contribution in [1.82, 2.24) is 29.5 Å². The molecule has 0 aliphatic carbocycles. The predicted octanol–water partition coefficient (Wildman–Crippen LogP) is 4.27. The summed E-state index contributed by atoms with van der Waals surface area (Å²) in [4.78, 5) is 25.0. The molecular formula is C31H38ClN7O2. The number of piperidine rings is 1. The number of aryl methyl sites for hydroxylation is 1. The molecule has 10 heteroatoms. The van der Waals surface area contributed by atoms with Gasteiger partial charge in [0.2, 0.25) is 5.95 Å². The quantitative estimate of drug-likeness (QED) is 0.470. The minimum absolute atomic E-state index is 0.127. The SMILES string of the molecule is CN1C[C@@H]2CCN(C(=O)c3ccc(Nc4nc5n(n4)CCCC5N4CCC(O)(c5ccc(Cl)cc5)CC4)cc3)[C@@H]2C1. The molecule has 0 bridgehead atoms. The van der Waals surface area contributed by atoms with Crippen molar-refractivity contribution in [1.29, 1.82) is 0 Å². The second-order valence-corrected chi connectivity index (χ2v) is 12.7. The highest BCUT2D eigenvalue weighted by atomic mass is 35.5. The molecule has 5 heterocycles. The largest absolute Gasteiger partial charge is 0.385 e. The Kier molecular flexibility index (Phi) is 7.01. The third kappa shape index (κ3) is 5.14. The van der Waals surface area contributed by atoms with Gasteiger partial charge in [-0.1, -0.05) is 23.7 Å². The number of halogens is 1. The fourth-order valence-corrected chi connectivity index (χ4v) is 7.52. The Hall–Kier alpha value is -2.98. The molecule has 3 aromatic rings. The van der Waals surface area contributed by atoms with Crippen LogP contribution in [0.15, 0.2) is 48.5 Å². The number of hydrogen-bond donors (Lipinski definition) is 2. The number of likely N-dealkylation sites (N-methyl/N-ethyl adjacent to an activating group) is 1. The zero-order valence-electron chi connectivity index (χ0n) is 23.5. The number of fused-ring (bicyclic) bond motifs is 2. The van der Waals surface area contributed by atoms with Gasteiger partial charge in [-0.3, -0.25) is 9.69 Å². The molecule has 216 valence electrons. The van der Waals surface area contributed by atoms with Crippen molar-refractivity contribution in [3.8, 4) is 0 Å². The van der Waals surface area contributed by atoms with E-state index in [1.165, 1.54) is 0 Å². The first-order valence-corrected chi connectivity index (χ1v) is 15.3. The fourth-order valence-electron chi connectivity index (χ4n) is 7.40. The monoisotopic (exact) mass is 575 g/mol. The van der Waals surface area contributed by atoms with Crippen LogP contribution in [0.1, 0.15) is 59.9 Å². The maximum absolute atomic E-state index is 13.3. The van der Waals surface area contributed by atoms with Crippen molar-refractivity contribution in [2.45, 2.75) is 56.3 Å². The molecule has 9 nitrogen and oxygen atoms in total. The summed E-state index contributed by atoms with van der Waals surface area (Å²) >= 11 is 6.06. The number of carbonyl (C=O) groups is 1. The van der Waals surface area contributed by atoms with Crippen molar-refractivity contribution in [2.75, 3.05) is 45.1 Å². The Bertz CT molecular complexity index is 1400. The van der Waals surface area contributed by atoms with Crippen LogP contribution in [-0.4, -0.2) is 86.3 Å². The topological polar surface area (TPSA) is 89.8 Å². The molecule has 4 aliphatic heterocycles. The highest BCUT2D eigenvalue weighted by Gasteiger charge is 2.42. The first-order valence-electron chi connectivity index (χ1n) is 14.9. The van der Waals surface area contributed by atoms with Crippen molar-refractivity contribution >= 4 is 29.1 Å². The van der Waals surface area contributed by atoms with Gasteiger partial charge in [-0.2, -0.15) is 4.98 Å². The summed E-state index contributed by atoms with van der Waals surface area (Å²) in [5.74, 6) is 2.29. The molecule has 3 saturated heterocycles. The third-order valence-corrected chi connectivity index (χ3v) is 9.92. The van der Waals surface area contributed by atoms with Gasteiger partial charge in [0.1, 0.15) is 5.82 Å². The number of likely N-dealkylation sites (tertiary alicyclic amines) is 3. The molecule has 1 unspecified atom stereocenters. The molecule has 1 aromatic heterocycles. The van der Waals surface area contributed by atoms with E-state index < -0.39 is 5.60 Å². The molecule has 0 radical (unpaired) electrons. The van der Waals surface area contributed by atoms with Gasteiger partial charge < -0.3 is 20.2 Å². The van der Waals surface area contributed by atoms with Crippen molar-refractivity contribution < 1.29 is 9.90 Å². The second-order valence-electron chi connectivity index (χ2n) is 12.3. The summed E-state index contributed by atoms with van der Waals surface area (Å²) in [6.07, 6.45) is 4.51. The molecule has 1 amide bonds. The molecule has 0 saturated carbocycles. The Morgan fingerprint density at radius 2 is 1.76 bits per heavy atom. The summed E-state index contributed by atoms with van der Waals surface area (Å²) in [6, 6.07) is 15.8. The second kappa shape index (κ2) is 10.7. The summed E-state index contributed by atoms with van der Waals surface area (Å²) in [6.45, 7) is 5.35. The number of aliphatic hydroxyl groups is 1. The van der Waals surface area contributed by atoms with Crippen LogP contribution in [0.2, 0.25) is 5.02 Å². The smallest absolute Gasteiger partial charge is 0.254 e. The highest BCUT2D eigenvalue weighted by molar-refractivity contribution is 6.30. The minimum atomic E-state index is -0.826. The van der Waals surface area contributed by atoms with Crippen molar-refractivity contribution in [3.05, 3.63) is 70.5 Å². The number of amides is 1. The average molecular weight is 576 g/mol. The number of aromatic nitrogens is 3. The van der Waals surface area contributed by atoms with Gasteiger partial charge in [0.05, 0.1) is 11.6 Å². The van der Waals surface area contributed by atoms with Crippen LogP contribution in [0.3, 0.4) is 0 Å². The van der Waals surface area contributed by atoms with E-state index in [1.807, 2.05) is 53.2 Å². The summed E-state index contributed by atoms with van der Waals surface area (Å²) in [5.41, 5.74) is 1.70. The summed E-state index contributed by atoms with van der Waals surface area (Å²) in [5, 5.41) is 20.1. The summed E-state index contributed by atoms with van der Waals surface area (Å²) in [7, 11) is 2.14. The van der Waals surface area contributed by atoms with E-state index in [4.69, 9.17) is 21.7 Å². The maximum Gasteiger partial charge on any atom is 0.254 e. The molecule has 2 aromatic carbocycles. The van der Waals surface area contributed by atoms with Gasteiger partial charge in [0, 0.05) is 61.6 Å². The average Bonchev–Trinajstić information content (AvgIpc) is 3.67. The number of benzene rings is 2. The molecule has 3 atom stereocenters. The third-order valence-electron chi connectivity index (χ3n) is 9.67. The van der Waals surface area contributed by atoms with Crippen LogP contribution < -0.4 is 5.32 Å². The lowest BCUT2D eigenvalue weighted by atomic mass is 9.83. The first kappa shape index (κ1) is 26.9. The molecule has 3 fully saturated rings. The maximum atomic E-state index is 13.3. The lowest BCUT2D eigenvalue weighted by molar-refractivity contribution is -0.0398. The van der Waals surface area contributed by atoms with Crippen LogP contribution in [0.4, 0.5) is 11.6 Å². The Morgan fingerprint density at radius 3 is 2.51 bits per heavy atom. The number of rotatable bonds is 5. The van der Waals surface area contributed by atoms with Crippen LogP contribution in [0.5, 0.6) is 0 Å². The number of nitrogens with one attached hydrogen (secondary N) is 1. The van der Waals surface area contributed by atoms with Crippen LogP contribution in [-0.2, 0) is 12.1 Å². The first-order chi connectivity index (χ1) is 19.9. The zero-order chi connectivity index (χ0) is 28.1. The van der Waals surface area contributed by atoms with E-state index in [0.717, 1.165) is 81.2 Å². The van der Waals surface area contributed by atoms with E-state index >= 15 is 0 Å². The van der Waals surface area contributed by atoms with Gasteiger partial charge in [-0.25, -0.2) is 4.68 Å². The number of carbonyl (C=O) groups excluding carboxylic acids is 1. The standard InChI is InChI=1S/C31H38ClN7O2/c1-36-19-22-12-16-38(27(22)20-36)29(40)21-4-10-25(11-5-21)33-30-34-28-26(3-2-15-39(28)35-30)37-17-13-31(41,14-18-37)23-6-8-24(32)9-7-23/h4-11,22,26-27,41H,2-3,12-20H2,1H3,(H,33,35)/t22-,26?,27+/m0/s1. The lowest BCUT2D eigenvalue weighted by Crippen LogP contribution is -2.45. The molecule has 41 heavy (non-hydrogen) atoms. The lowest BCUT2D eigenvalue weighted by Gasteiger charge is -2.42.